The number of nitrogens with zero attached hydrogens (tertiary/aromatic N) is 1. The second-order valence-electron chi connectivity index (χ2n) is 5.25. The number of aliphatic hydroxyl groups is 1. The summed E-state index contributed by atoms with van der Waals surface area (Å²) in [6, 6.07) is 8.02. The lowest BCUT2D eigenvalue weighted by molar-refractivity contribution is 0.0655. The summed E-state index contributed by atoms with van der Waals surface area (Å²) in [6.07, 6.45) is 2.20. The lowest BCUT2D eigenvalue weighted by Crippen LogP contribution is -2.40. The Bertz CT molecular complexity index is 382. The first-order valence-corrected chi connectivity index (χ1v) is 8.30. The molecule has 2 nitrogen and oxygen atoms in total. The number of hydrogen-bond donors (Lipinski definition) is 1. The van der Waals surface area contributed by atoms with Crippen molar-refractivity contribution in [3.05, 3.63) is 29.3 Å². The standard InChI is InChI=1S/C15H22ClNOS/c1-12(18)13-3-2-8-17(11-13)9-10-19-15-6-4-14(16)5-7-15/h4-7,12-13,18H,2-3,8-11H2,1H3. The van der Waals surface area contributed by atoms with Crippen molar-refractivity contribution in [1.82, 2.24) is 4.90 Å². The molecule has 0 aliphatic carbocycles. The molecule has 4 heteroatoms. The highest BCUT2D eigenvalue weighted by Gasteiger charge is 2.22. The molecule has 0 aromatic heterocycles. The lowest BCUT2D eigenvalue weighted by Gasteiger charge is -2.34. The second-order valence-corrected chi connectivity index (χ2v) is 6.85. The number of likely N-dealkylation sites (tertiary alicyclic amines) is 1. The summed E-state index contributed by atoms with van der Waals surface area (Å²) in [5.74, 6) is 1.54. The average molecular weight is 300 g/mol. The fourth-order valence-electron chi connectivity index (χ4n) is 2.51. The van der Waals surface area contributed by atoms with E-state index in [2.05, 4.69) is 17.0 Å². The van der Waals surface area contributed by atoms with E-state index in [9.17, 15) is 5.11 Å². The van der Waals surface area contributed by atoms with Crippen LogP contribution in [0.1, 0.15) is 19.8 Å². The number of thioether (sulfide) groups is 1. The Hall–Kier alpha value is -0.220. The van der Waals surface area contributed by atoms with Crippen molar-refractivity contribution in [2.75, 3.05) is 25.4 Å². The molecule has 19 heavy (non-hydrogen) atoms. The van der Waals surface area contributed by atoms with Gasteiger partial charge in [0.25, 0.3) is 0 Å². The molecule has 0 amide bonds. The molecule has 0 radical (unpaired) electrons. The zero-order valence-corrected chi connectivity index (χ0v) is 13.0. The van der Waals surface area contributed by atoms with Gasteiger partial charge in [0.1, 0.15) is 0 Å². The van der Waals surface area contributed by atoms with E-state index in [1.165, 1.54) is 24.3 Å². The van der Waals surface area contributed by atoms with Crippen LogP contribution in [-0.4, -0.2) is 41.5 Å². The summed E-state index contributed by atoms with van der Waals surface area (Å²) in [5, 5.41) is 10.5. The molecule has 0 spiro atoms. The Balaban J connectivity index is 1.72. The van der Waals surface area contributed by atoms with Crippen LogP contribution in [0.3, 0.4) is 0 Å². The van der Waals surface area contributed by atoms with E-state index >= 15 is 0 Å². The first kappa shape index (κ1) is 15.2. The van der Waals surface area contributed by atoms with Gasteiger partial charge in [-0.2, -0.15) is 0 Å². The van der Waals surface area contributed by atoms with Crippen LogP contribution in [0.4, 0.5) is 0 Å². The summed E-state index contributed by atoms with van der Waals surface area (Å²) >= 11 is 7.74. The maximum Gasteiger partial charge on any atom is 0.0552 e. The van der Waals surface area contributed by atoms with Gasteiger partial charge in [0, 0.05) is 28.8 Å². The molecule has 2 rings (SSSR count). The summed E-state index contributed by atoms with van der Waals surface area (Å²) in [5.41, 5.74) is 0. The van der Waals surface area contributed by atoms with Gasteiger partial charge in [-0.25, -0.2) is 0 Å². The molecule has 1 heterocycles. The van der Waals surface area contributed by atoms with E-state index in [1.54, 1.807) is 0 Å². The molecule has 1 aromatic rings. The van der Waals surface area contributed by atoms with E-state index in [1.807, 2.05) is 30.8 Å². The minimum Gasteiger partial charge on any atom is -0.393 e. The second kappa shape index (κ2) is 7.53. The number of benzene rings is 1. The van der Waals surface area contributed by atoms with Crippen LogP contribution in [-0.2, 0) is 0 Å². The van der Waals surface area contributed by atoms with E-state index in [0.29, 0.717) is 5.92 Å². The van der Waals surface area contributed by atoms with Gasteiger partial charge < -0.3 is 10.0 Å². The topological polar surface area (TPSA) is 23.5 Å². The van der Waals surface area contributed by atoms with Gasteiger partial charge in [-0.1, -0.05) is 11.6 Å². The van der Waals surface area contributed by atoms with Gasteiger partial charge >= 0.3 is 0 Å². The first-order chi connectivity index (χ1) is 9.15. The van der Waals surface area contributed by atoms with Crippen molar-refractivity contribution in [2.45, 2.75) is 30.8 Å². The van der Waals surface area contributed by atoms with Crippen LogP contribution in [0.25, 0.3) is 0 Å². The Morgan fingerprint density at radius 3 is 2.84 bits per heavy atom. The van der Waals surface area contributed by atoms with Gasteiger partial charge in [-0.15, -0.1) is 11.8 Å². The highest BCUT2D eigenvalue weighted by Crippen LogP contribution is 2.23. The molecule has 1 saturated heterocycles. The Morgan fingerprint density at radius 1 is 1.42 bits per heavy atom. The van der Waals surface area contributed by atoms with Crippen LogP contribution in [0.2, 0.25) is 5.02 Å². The van der Waals surface area contributed by atoms with Crippen LogP contribution < -0.4 is 0 Å². The first-order valence-electron chi connectivity index (χ1n) is 6.94. The van der Waals surface area contributed by atoms with Gasteiger partial charge in [-0.05, 0) is 56.5 Å². The molecule has 2 unspecified atom stereocenters. The minimum atomic E-state index is -0.174. The van der Waals surface area contributed by atoms with Gasteiger partial charge in [0.15, 0.2) is 0 Å². The third-order valence-corrected chi connectivity index (χ3v) is 4.96. The molecular formula is C15H22ClNOS. The summed E-state index contributed by atoms with van der Waals surface area (Å²) in [6.45, 7) is 5.22. The minimum absolute atomic E-state index is 0.174. The predicted octanol–water partition coefficient (Wildman–Crippen LogP) is 3.52. The van der Waals surface area contributed by atoms with Crippen LogP contribution in [0.15, 0.2) is 29.2 Å². The molecule has 1 aromatic carbocycles. The number of halogens is 1. The molecule has 106 valence electrons. The van der Waals surface area contributed by atoms with Crippen molar-refractivity contribution < 1.29 is 5.11 Å². The summed E-state index contributed by atoms with van der Waals surface area (Å²) in [7, 11) is 0. The molecule has 1 N–H and O–H groups in total. The number of rotatable bonds is 5. The van der Waals surface area contributed by atoms with Crippen molar-refractivity contribution in [3.8, 4) is 0 Å². The van der Waals surface area contributed by atoms with Crippen LogP contribution in [0.5, 0.6) is 0 Å². The van der Waals surface area contributed by atoms with Crippen molar-refractivity contribution in [2.24, 2.45) is 5.92 Å². The number of hydrogen-bond acceptors (Lipinski definition) is 3. The SMILES string of the molecule is CC(O)C1CCCN(CCSc2ccc(Cl)cc2)C1. The largest absolute Gasteiger partial charge is 0.393 e. The normalized spacial score (nSPS) is 22.4. The highest BCUT2D eigenvalue weighted by atomic mass is 35.5. The zero-order chi connectivity index (χ0) is 13.7. The molecule has 0 saturated carbocycles. The van der Waals surface area contributed by atoms with Crippen LogP contribution in [0, 0.1) is 5.92 Å². The fraction of sp³-hybridized carbons (Fsp3) is 0.600. The highest BCUT2D eigenvalue weighted by molar-refractivity contribution is 7.99. The Labute approximate surface area is 125 Å². The maximum atomic E-state index is 9.68. The van der Waals surface area contributed by atoms with Gasteiger partial charge in [0.2, 0.25) is 0 Å². The smallest absolute Gasteiger partial charge is 0.0552 e. The van der Waals surface area contributed by atoms with Gasteiger partial charge in [-0.3, -0.25) is 0 Å². The molecule has 1 aliphatic heterocycles. The van der Waals surface area contributed by atoms with Crippen molar-refractivity contribution >= 4 is 23.4 Å². The zero-order valence-electron chi connectivity index (χ0n) is 11.4. The van der Waals surface area contributed by atoms with Crippen molar-refractivity contribution in [1.29, 1.82) is 0 Å². The van der Waals surface area contributed by atoms with E-state index in [0.717, 1.165) is 23.9 Å². The quantitative estimate of drug-likeness (QED) is 0.842. The van der Waals surface area contributed by atoms with Gasteiger partial charge in [0.05, 0.1) is 6.10 Å². The predicted molar refractivity (Wildman–Crippen MR) is 83.0 cm³/mol. The number of piperidine rings is 1. The molecule has 1 aliphatic rings. The summed E-state index contributed by atoms with van der Waals surface area (Å²) < 4.78 is 0. The van der Waals surface area contributed by atoms with E-state index < -0.39 is 0 Å². The lowest BCUT2D eigenvalue weighted by atomic mass is 9.93. The summed E-state index contributed by atoms with van der Waals surface area (Å²) in [4.78, 5) is 3.75. The molecule has 0 bridgehead atoms. The molecule has 2 atom stereocenters. The van der Waals surface area contributed by atoms with Crippen LogP contribution >= 0.6 is 23.4 Å². The third kappa shape index (κ3) is 4.99. The van der Waals surface area contributed by atoms with E-state index in [4.69, 9.17) is 11.6 Å². The van der Waals surface area contributed by atoms with E-state index in [-0.39, 0.29) is 6.10 Å². The maximum absolute atomic E-state index is 9.68. The number of aliphatic hydroxyl groups excluding tert-OH is 1. The Kier molecular flexibility index (Phi) is 6.02. The monoisotopic (exact) mass is 299 g/mol. The molecule has 1 fully saturated rings. The average Bonchev–Trinajstić information content (AvgIpc) is 2.41. The Morgan fingerprint density at radius 2 is 2.16 bits per heavy atom. The fourth-order valence-corrected chi connectivity index (χ4v) is 3.55. The third-order valence-electron chi connectivity index (χ3n) is 3.71. The van der Waals surface area contributed by atoms with Crippen molar-refractivity contribution in [3.63, 3.8) is 0 Å². The molecular weight excluding hydrogens is 278 g/mol.